The Labute approximate surface area is 118 Å². The van der Waals surface area contributed by atoms with Crippen LogP contribution in [0.25, 0.3) is 0 Å². The Kier molecular flexibility index (Phi) is 4.01. The topological polar surface area (TPSA) is 27.6 Å². The summed E-state index contributed by atoms with van der Waals surface area (Å²) in [6.45, 7) is 8.16. The van der Waals surface area contributed by atoms with E-state index in [0.29, 0.717) is 6.04 Å². The van der Waals surface area contributed by atoms with Crippen LogP contribution in [0, 0.1) is 0 Å². The predicted molar refractivity (Wildman–Crippen MR) is 81.7 cm³/mol. The number of hydrogen-bond donors (Lipinski definition) is 1. The van der Waals surface area contributed by atoms with E-state index in [2.05, 4.69) is 41.1 Å². The van der Waals surface area contributed by atoms with Crippen molar-refractivity contribution in [2.45, 2.75) is 17.4 Å². The summed E-state index contributed by atoms with van der Waals surface area (Å²) in [5.41, 5.74) is 2.64. The molecule has 0 bridgehead atoms. The number of nitrogens with zero attached hydrogens (tertiary/aromatic N) is 2. The van der Waals surface area contributed by atoms with E-state index in [4.69, 9.17) is 4.40 Å². The highest BCUT2D eigenvalue weighted by atomic mass is 32.2. The Morgan fingerprint density at radius 2 is 2.16 bits per heavy atom. The molecule has 1 aromatic carbocycles. The van der Waals surface area contributed by atoms with Crippen LogP contribution in [0.3, 0.4) is 0 Å². The molecule has 2 heterocycles. The molecule has 2 aliphatic rings. The van der Waals surface area contributed by atoms with Crippen molar-refractivity contribution < 1.29 is 0 Å². The van der Waals surface area contributed by atoms with Gasteiger partial charge in [-0.2, -0.15) is 0 Å². The molecular formula is C15H19N3S. The first-order valence-corrected chi connectivity index (χ1v) is 7.56. The average molecular weight is 273 g/mol. The van der Waals surface area contributed by atoms with Crippen molar-refractivity contribution in [2.24, 2.45) is 4.40 Å². The summed E-state index contributed by atoms with van der Waals surface area (Å²) < 4.78 is 4.72. The van der Waals surface area contributed by atoms with Gasteiger partial charge in [-0.25, -0.2) is 4.40 Å². The molecule has 0 aromatic heterocycles. The van der Waals surface area contributed by atoms with Gasteiger partial charge in [-0.1, -0.05) is 24.3 Å². The van der Waals surface area contributed by atoms with E-state index in [-0.39, 0.29) is 0 Å². The van der Waals surface area contributed by atoms with Crippen molar-refractivity contribution in [2.75, 3.05) is 26.2 Å². The van der Waals surface area contributed by atoms with Gasteiger partial charge in [0.25, 0.3) is 0 Å². The fourth-order valence-electron chi connectivity index (χ4n) is 2.77. The lowest BCUT2D eigenvalue weighted by molar-refractivity contribution is 0.211. The van der Waals surface area contributed by atoms with Gasteiger partial charge < -0.3 is 5.32 Å². The first-order chi connectivity index (χ1) is 9.40. The number of benzene rings is 1. The molecule has 0 aliphatic carbocycles. The van der Waals surface area contributed by atoms with E-state index in [0.717, 1.165) is 32.6 Å². The maximum Gasteiger partial charge on any atom is 0.0759 e. The van der Waals surface area contributed by atoms with Gasteiger partial charge in [-0.05, 0) is 11.6 Å². The summed E-state index contributed by atoms with van der Waals surface area (Å²) >= 11 is 1.60. The zero-order chi connectivity index (χ0) is 13.1. The number of nitrogens with one attached hydrogen (secondary N) is 1. The first-order valence-electron chi connectivity index (χ1n) is 6.78. The summed E-state index contributed by atoms with van der Waals surface area (Å²) in [6, 6.07) is 8.97. The number of allylic oxidation sites excluding steroid dienone is 1. The minimum absolute atomic E-state index is 0.331. The standard InChI is InChI=1S/C15H19N3S/c1-2-5-13-15(18-10-8-16-9-11-18)12-6-3-4-7-14(12)19-17-13/h2-4,6-7,15-16H,1,5,8-11H2. The minimum Gasteiger partial charge on any atom is -0.314 e. The second-order valence-corrected chi connectivity index (χ2v) is 5.70. The van der Waals surface area contributed by atoms with Crippen LogP contribution in [-0.4, -0.2) is 36.8 Å². The molecule has 1 N–H and O–H groups in total. The van der Waals surface area contributed by atoms with Gasteiger partial charge in [-0.15, -0.1) is 6.58 Å². The fraction of sp³-hybridized carbons (Fsp3) is 0.400. The Morgan fingerprint density at radius 1 is 1.37 bits per heavy atom. The van der Waals surface area contributed by atoms with Crippen molar-refractivity contribution >= 4 is 17.7 Å². The summed E-state index contributed by atoms with van der Waals surface area (Å²) in [5, 5.41) is 3.42. The van der Waals surface area contributed by atoms with Crippen LogP contribution < -0.4 is 5.32 Å². The van der Waals surface area contributed by atoms with Crippen molar-refractivity contribution in [3.8, 4) is 0 Å². The van der Waals surface area contributed by atoms with Crippen LogP contribution in [-0.2, 0) is 0 Å². The first kappa shape index (κ1) is 12.9. The molecule has 0 saturated carbocycles. The van der Waals surface area contributed by atoms with Crippen molar-refractivity contribution in [3.63, 3.8) is 0 Å². The largest absolute Gasteiger partial charge is 0.314 e. The average Bonchev–Trinajstić information content (AvgIpc) is 2.48. The van der Waals surface area contributed by atoms with E-state index in [1.165, 1.54) is 16.2 Å². The minimum atomic E-state index is 0.331. The Morgan fingerprint density at radius 3 is 2.95 bits per heavy atom. The zero-order valence-electron chi connectivity index (χ0n) is 11.0. The van der Waals surface area contributed by atoms with Crippen LogP contribution in [0.1, 0.15) is 18.0 Å². The van der Waals surface area contributed by atoms with Crippen molar-refractivity contribution in [1.29, 1.82) is 0 Å². The highest BCUT2D eigenvalue weighted by Gasteiger charge is 2.30. The van der Waals surface area contributed by atoms with E-state index in [1.54, 1.807) is 11.9 Å². The van der Waals surface area contributed by atoms with Gasteiger partial charge in [-0.3, -0.25) is 4.90 Å². The number of fused-ring (bicyclic) bond motifs is 1. The highest BCUT2D eigenvalue weighted by Crippen LogP contribution is 2.38. The van der Waals surface area contributed by atoms with Gasteiger partial charge in [0.1, 0.15) is 0 Å². The number of hydrogen-bond acceptors (Lipinski definition) is 4. The molecule has 100 valence electrons. The lowest BCUT2D eigenvalue weighted by atomic mass is 9.97. The van der Waals surface area contributed by atoms with Crippen molar-refractivity contribution in [3.05, 3.63) is 42.5 Å². The normalized spacial score (nSPS) is 23.6. The van der Waals surface area contributed by atoms with Crippen molar-refractivity contribution in [1.82, 2.24) is 10.2 Å². The maximum atomic E-state index is 4.72. The zero-order valence-corrected chi connectivity index (χ0v) is 11.8. The van der Waals surface area contributed by atoms with Gasteiger partial charge >= 0.3 is 0 Å². The van der Waals surface area contributed by atoms with Crippen LogP contribution >= 0.6 is 11.9 Å². The van der Waals surface area contributed by atoms with E-state index >= 15 is 0 Å². The summed E-state index contributed by atoms with van der Waals surface area (Å²) in [4.78, 5) is 3.83. The van der Waals surface area contributed by atoms with Crippen LogP contribution in [0.4, 0.5) is 0 Å². The van der Waals surface area contributed by atoms with Gasteiger partial charge in [0.15, 0.2) is 0 Å². The van der Waals surface area contributed by atoms with E-state index in [9.17, 15) is 0 Å². The lowest BCUT2D eigenvalue weighted by Gasteiger charge is -2.37. The molecule has 1 saturated heterocycles. The Bertz CT molecular complexity index is 492. The molecule has 1 unspecified atom stereocenters. The molecule has 1 atom stereocenters. The molecule has 0 spiro atoms. The molecule has 3 rings (SSSR count). The molecule has 1 fully saturated rings. The molecule has 1 aromatic rings. The number of piperazine rings is 1. The summed E-state index contributed by atoms with van der Waals surface area (Å²) in [7, 11) is 0. The fourth-order valence-corrected chi connectivity index (χ4v) is 3.59. The third kappa shape index (κ3) is 2.61. The van der Waals surface area contributed by atoms with Crippen LogP contribution in [0.15, 0.2) is 46.2 Å². The molecule has 4 heteroatoms. The molecule has 2 aliphatic heterocycles. The smallest absolute Gasteiger partial charge is 0.0759 e. The second kappa shape index (κ2) is 5.90. The van der Waals surface area contributed by atoms with E-state index < -0.39 is 0 Å². The Hall–Kier alpha value is -1.10. The van der Waals surface area contributed by atoms with Crippen LogP contribution in [0.2, 0.25) is 0 Å². The molecule has 0 radical (unpaired) electrons. The molecule has 19 heavy (non-hydrogen) atoms. The lowest BCUT2D eigenvalue weighted by Crippen LogP contribution is -2.47. The SMILES string of the molecule is C=CCC1=NSc2ccccc2C1N1CCNCC1. The highest BCUT2D eigenvalue weighted by molar-refractivity contribution is 7.98. The monoisotopic (exact) mass is 273 g/mol. The third-order valence-electron chi connectivity index (χ3n) is 3.66. The second-order valence-electron chi connectivity index (χ2n) is 4.89. The van der Waals surface area contributed by atoms with Gasteiger partial charge in [0.05, 0.1) is 11.8 Å². The number of rotatable bonds is 3. The maximum absolute atomic E-state index is 4.72. The molecular weight excluding hydrogens is 254 g/mol. The molecule has 0 amide bonds. The quantitative estimate of drug-likeness (QED) is 0.678. The Balaban J connectivity index is 1.95. The molecule has 3 nitrogen and oxygen atoms in total. The predicted octanol–water partition coefficient (Wildman–Crippen LogP) is 2.67. The summed E-state index contributed by atoms with van der Waals surface area (Å²) in [5.74, 6) is 0. The van der Waals surface area contributed by atoms with Crippen LogP contribution in [0.5, 0.6) is 0 Å². The van der Waals surface area contributed by atoms with Gasteiger partial charge in [0.2, 0.25) is 0 Å². The van der Waals surface area contributed by atoms with Gasteiger partial charge in [0, 0.05) is 49.4 Å². The van der Waals surface area contributed by atoms with E-state index in [1.807, 2.05) is 6.08 Å². The third-order valence-corrected chi connectivity index (χ3v) is 4.55. The summed E-state index contributed by atoms with van der Waals surface area (Å²) in [6.07, 6.45) is 2.83.